The van der Waals surface area contributed by atoms with Crippen LogP contribution in [0.15, 0.2) is 52.8 Å². The van der Waals surface area contributed by atoms with Gasteiger partial charge in [-0.15, -0.1) is 10.2 Å². The van der Waals surface area contributed by atoms with E-state index in [0.717, 1.165) is 0 Å². The molecule has 0 amide bonds. The highest BCUT2D eigenvalue weighted by atomic mass is 19.1. The molecule has 0 spiro atoms. The summed E-state index contributed by atoms with van der Waals surface area (Å²) < 4.78 is 14.7. The third kappa shape index (κ3) is 2.76. The summed E-state index contributed by atoms with van der Waals surface area (Å²) in [6, 6.07) is 11.1. The predicted octanol–water partition coefficient (Wildman–Crippen LogP) is 2.44. The van der Waals surface area contributed by atoms with Gasteiger partial charge in [-0.25, -0.2) is 13.9 Å². The molecule has 0 saturated carbocycles. The second-order valence-electron chi connectivity index (χ2n) is 5.92. The fourth-order valence-electron chi connectivity index (χ4n) is 2.78. The van der Waals surface area contributed by atoms with E-state index in [1.165, 1.54) is 24.3 Å². The minimum absolute atomic E-state index is 0.117. The number of nitrogens with zero attached hydrogens (tertiary/aromatic N) is 6. The Bertz CT molecular complexity index is 1020. The predicted molar refractivity (Wildman–Crippen MR) is 89.8 cm³/mol. The molecular weight excluding hydrogens is 337 g/mol. The first-order chi connectivity index (χ1) is 12.6. The molecule has 2 unspecified atom stereocenters. The molecule has 0 saturated heterocycles. The van der Waals surface area contributed by atoms with Crippen molar-refractivity contribution in [1.29, 1.82) is 5.26 Å². The lowest BCUT2D eigenvalue weighted by Crippen LogP contribution is -2.33. The van der Waals surface area contributed by atoms with Crippen molar-refractivity contribution in [3.8, 4) is 6.07 Å². The molecule has 130 valence electrons. The lowest BCUT2D eigenvalue weighted by atomic mass is 10.1. The summed E-state index contributed by atoms with van der Waals surface area (Å²) in [7, 11) is 0. The Morgan fingerprint density at radius 2 is 2.12 bits per heavy atom. The number of fused-ring (bicyclic) bond motifs is 1. The highest BCUT2D eigenvalue weighted by molar-refractivity contribution is 5.69. The second-order valence-corrected chi connectivity index (χ2v) is 5.92. The number of azo groups is 1. The molecule has 0 fully saturated rings. The molecular formula is C17H14FN7O. The Kier molecular flexibility index (Phi) is 3.82. The molecule has 2 aromatic heterocycles. The number of benzene rings is 1. The standard InChI is InChI=1S/C17H14FN7O/c18-12-5-3-11(4-6-12)14(26)16-21-15(13-2-1-9-25(13)23-16)22-17(10-19)7-8-20-24-17/h1-6,9,14,26H,7-8H2,(H,21,22,23). The van der Waals surface area contributed by atoms with Crippen LogP contribution < -0.4 is 5.32 Å². The molecule has 9 heteroatoms. The molecule has 8 nitrogen and oxygen atoms in total. The number of hydrogen-bond acceptors (Lipinski definition) is 7. The van der Waals surface area contributed by atoms with Crippen LogP contribution in [0.2, 0.25) is 0 Å². The molecule has 1 aliphatic heterocycles. The van der Waals surface area contributed by atoms with Crippen molar-refractivity contribution in [2.24, 2.45) is 10.2 Å². The zero-order valence-electron chi connectivity index (χ0n) is 13.5. The van der Waals surface area contributed by atoms with E-state index >= 15 is 0 Å². The van der Waals surface area contributed by atoms with Crippen LogP contribution in [0, 0.1) is 17.1 Å². The lowest BCUT2D eigenvalue weighted by molar-refractivity contribution is 0.208. The summed E-state index contributed by atoms with van der Waals surface area (Å²) in [6.07, 6.45) is 0.986. The van der Waals surface area contributed by atoms with Crippen LogP contribution in [0.3, 0.4) is 0 Å². The molecule has 2 N–H and O–H groups in total. The summed E-state index contributed by atoms with van der Waals surface area (Å²) in [5.74, 6) is 0.0852. The van der Waals surface area contributed by atoms with Crippen molar-refractivity contribution in [3.05, 3.63) is 59.8 Å². The van der Waals surface area contributed by atoms with Crippen LogP contribution in [0.1, 0.15) is 23.9 Å². The Hall–Kier alpha value is -3.38. The van der Waals surface area contributed by atoms with Crippen molar-refractivity contribution in [2.45, 2.75) is 18.2 Å². The van der Waals surface area contributed by atoms with Crippen LogP contribution in [-0.2, 0) is 0 Å². The normalized spacial score (nSPS) is 20.2. The number of anilines is 1. The van der Waals surface area contributed by atoms with E-state index in [0.29, 0.717) is 29.9 Å². The number of aliphatic hydroxyl groups excluding tert-OH is 1. The molecule has 0 radical (unpaired) electrons. The second kappa shape index (κ2) is 6.16. The highest BCUT2D eigenvalue weighted by Crippen LogP contribution is 2.28. The summed E-state index contributed by atoms with van der Waals surface area (Å²) in [5, 5.41) is 35.3. The molecule has 3 aromatic rings. The van der Waals surface area contributed by atoms with Crippen molar-refractivity contribution in [1.82, 2.24) is 14.6 Å². The summed E-state index contributed by atoms with van der Waals surface area (Å²) in [5.41, 5.74) is -0.0896. The third-order valence-corrected chi connectivity index (χ3v) is 4.16. The molecule has 0 aliphatic carbocycles. The Morgan fingerprint density at radius 1 is 1.31 bits per heavy atom. The fraction of sp³-hybridized carbons (Fsp3) is 0.235. The van der Waals surface area contributed by atoms with Crippen LogP contribution in [0.25, 0.3) is 5.52 Å². The number of aliphatic hydroxyl groups is 1. The zero-order valence-corrected chi connectivity index (χ0v) is 13.5. The van der Waals surface area contributed by atoms with Gasteiger partial charge in [0, 0.05) is 12.6 Å². The molecule has 0 bridgehead atoms. The third-order valence-electron chi connectivity index (χ3n) is 4.16. The molecule has 26 heavy (non-hydrogen) atoms. The van der Waals surface area contributed by atoms with E-state index in [4.69, 9.17) is 0 Å². The number of rotatable bonds is 4. The molecule has 1 aliphatic rings. The van der Waals surface area contributed by atoms with Gasteiger partial charge in [0.15, 0.2) is 11.6 Å². The van der Waals surface area contributed by atoms with E-state index in [1.807, 2.05) is 0 Å². The molecule has 3 heterocycles. The van der Waals surface area contributed by atoms with Crippen molar-refractivity contribution >= 4 is 11.3 Å². The van der Waals surface area contributed by atoms with Crippen molar-refractivity contribution in [2.75, 3.05) is 11.9 Å². The maximum Gasteiger partial charge on any atom is 0.240 e. The van der Waals surface area contributed by atoms with E-state index in [1.54, 1.807) is 22.8 Å². The number of nitrogens with one attached hydrogen (secondary N) is 1. The van der Waals surface area contributed by atoms with E-state index in [9.17, 15) is 14.8 Å². The van der Waals surface area contributed by atoms with Crippen LogP contribution in [0.5, 0.6) is 0 Å². The van der Waals surface area contributed by atoms with Gasteiger partial charge in [0.25, 0.3) is 0 Å². The topological polar surface area (TPSA) is 111 Å². The maximum atomic E-state index is 13.1. The lowest BCUT2D eigenvalue weighted by Gasteiger charge is -2.20. The van der Waals surface area contributed by atoms with Gasteiger partial charge in [-0.1, -0.05) is 12.1 Å². The largest absolute Gasteiger partial charge is 0.380 e. The highest BCUT2D eigenvalue weighted by Gasteiger charge is 2.34. The van der Waals surface area contributed by atoms with Gasteiger partial charge in [-0.05, 0) is 29.8 Å². The number of nitriles is 1. The minimum atomic E-state index is -1.18. The number of hydrogen-bond donors (Lipinski definition) is 2. The Labute approximate surface area is 147 Å². The van der Waals surface area contributed by atoms with Gasteiger partial charge in [0.2, 0.25) is 5.66 Å². The molecule has 2 atom stereocenters. The van der Waals surface area contributed by atoms with E-state index < -0.39 is 17.6 Å². The van der Waals surface area contributed by atoms with Crippen molar-refractivity contribution in [3.63, 3.8) is 0 Å². The minimum Gasteiger partial charge on any atom is -0.380 e. The van der Waals surface area contributed by atoms with Crippen LogP contribution >= 0.6 is 0 Å². The summed E-state index contributed by atoms with van der Waals surface area (Å²) >= 11 is 0. The summed E-state index contributed by atoms with van der Waals surface area (Å²) in [4.78, 5) is 4.39. The average molecular weight is 351 g/mol. The average Bonchev–Trinajstić information content (AvgIpc) is 3.31. The first kappa shape index (κ1) is 16.1. The maximum absolute atomic E-state index is 13.1. The quantitative estimate of drug-likeness (QED) is 0.750. The van der Waals surface area contributed by atoms with E-state index in [-0.39, 0.29) is 5.82 Å². The number of halogens is 1. The van der Waals surface area contributed by atoms with Gasteiger partial charge >= 0.3 is 0 Å². The first-order valence-corrected chi connectivity index (χ1v) is 7.97. The monoisotopic (exact) mass is 351 g/mol. The van der Waals surface area contributed by atoms with E-state index in [2.05, 4.69) is 31.7 Å². The van der Waals surface area contributed by atoms with Gasteiger partial charge in [-0.3, -0.25) is 0 Å². The Balaban J connectivity index is 1.76. The smallest absolute Gasteiger partial charge is 0.240 e. The van der Waals surface area contributed by atoms with Crippen molar-refractivity contribution < 1.29 is 9.50 Å². The van der Waals surface area contributed by atoms with Gasteiger partial charge in [0.05, 0.1) is 6.54 Å². The number of aromatic nitrogens is 3. The van der Waals surface area contributed by atoms with Gasteiger partial charge in [0.1, 0.15) is 23.5 Å². The van der Waals surface area contributed by atoms with Crippen LogP contribution in [-0.4, -0.2) is 31.9 Å². The van der Waals surface area contributed by atoms with Gasteiger partial charge in [-0.2, -0.15) is 10.4 Å². The van der Waals surface area contributed by atoms with Crippen LogP contribution in [0.4, 0.5) is 10.2 Å². The SMILES string of the molecule is N#CC1(Nc2nc(C(O)c3ccc(F)cc3)nn3cccc23)CCN=N1. The molecule has 4 rings (SSSR count). The zero-order chi connectivity index (χ0) is 18.1. The van der Waals surface area contributed by atoms with Gasteiger partial charge < -0.3 is 10.4 Å². The summed E-state index contributed by atoms with van der Waals surface area (Å²) in [6.45, 7) is 0.452. The molecule has 1 aromatic carbocycles. The fourth-order valence-corrected chi connectivity index (χ4v) is 2.78. The Morgan fingerprint density at radius 3 is 2.81 bits per heavy atom. The first-order valence-electron chi connectivity index (χ1n) is 7.97.